The fraction of sp³-hybridized carbons (Fsp3) is 0.188. The van der Waals surface area contributed by atoms with Crippen molar-refractivity contribution in [2.75, 3.05) is 12.4 Å². The molecule has 6 nitrogen and oxygen atoms in total. The Kier molecular flexibility index (Phi) is 6.95. The summed E-state index contributed by atoms with van der Waals surface area (Å²) in [6.45, 7) is -0.468. The molecule has 1 unspecified atom stereocenters. The van der Waals surface area contributed by atoms with E-state index in [2.05, 4.69) is 0 Å². The van der Waals surface area contributed by atoms with E-state index in [0.29, 0.717) is 10.6 Å². The minimum atomic E-state index is -4.08. The Morgan fingerprint density at radius 2 is 1.77 bits per heavy atom. The Hall–Kier alpha value is -2.17. The molecule has 0 aromatic heterocycles. The van der Waals surface area contributed by atoms with Crippen LogP contribution in [0, 0.1) is 5.82 Å². The molecule has 0 radical (unpaired) electrons. The topological polar surface area (TPSA) is 92.7 Å². The average Bonchev–Trinajstić information content (AvgIpc) is 2.59. The van der Waals surface area contributed by atoms with E-state index in [0.717, 1.165) is 36.0 Å². The van der Waals surface area contributed by atoms with Crippen LogP contribution in [0.3, 0.4) is 0 Å². The second-order valence-corrected chi connectivity index (χ2v) is 7.81. The third-order valence-electron chi connectivity index (χ3n) is 2.99. The molecule has 2 aromatic carbocycles. The zero-order valence-electron chi connectivity index (χ0n) is 13.3. The molecule has 0 aliphatic rings. The van der Waals surface area contributed by atoms with E-state index in [1.807, 2.05) is 4.72 Å². The van der Waals surface area contributed by atoms with Crippen molar-refractivity contribution in [2.24, 2.45) is 0 Å². The van der Waals surface area contributed by atoms with Crippen molar-refractivity contribution in [2.45, 2.75) is 16.1 Å². The summed E-state index contributed by atoms with van der Waals surface area (Å²) in [7, 11) is -4.08. The van der Waals surface area contributed by atoms with Crippen molar-refractivity contribution in [1.29, 1.82) is 0 Å². The maximum absolute atomic E-state index is 14.0. The Morgan fingerprint density at radius 3 is 2.35 bits per heavy atom. The first-order chi connectivity index (χ1) is 12.3. The highest BCUT2D eigenvalue weighted by Crippen LogP contribution is 2.23. The van der Waals surface area contributed by atoms with Gasteiger partial charge in [-0.2, -0.15) is 4.72 Å². The molecular weight excluding hydrogens is 388 g/mol. The van der Waals surface area contributed by atoms with Crippen LogP contribution >= 0.6 is 11.8 Å². The summed E-state index contributed by atoms with van der Waals surface area (Å²) >= 11 is 1.07. The number of carboxylic acid groups (broad SMARTS) is 1. The molecule has 26 heavy (non-hydrogen) atoms. The van der Waals surface area contributed by atoms with E-state index in [1.54, 1.807) is 12.1 Å². The Labute approximate surface area is 153 Å². The van der Waals surface area contributed by atoms with Gasteiger partial charge in [0, 0.05) is 10.6 Å². The molecular formula is C16H15F2NO5S2. The van der Waals surface area contributed by atoms with Crippen LogP contribution in [0.25, 0.3) is 0 Å². The molecule has 0 saturated carbocycles. The first kappa shape index (κ1) is 20.1. The molecule has 0 heterocycles. The number of hydrogen-bond donors (Lipinski definition) is 2. The lowest BCUT2D eigenvalue weighted by atomic mass is 10.3. The molecule has 140 valence electrons. The number of hydrogen-bond acceptors (Lipinski definition) is 5. The maximum atomic E-state index is 14.0. The van der Waals surface area contributed by atoms with Gasteiger partial charge in [-0.25, -0.2) is 22.0 Å². The predicted octanol–water partition coefficient (Wildman–Crippen LogP) is 2.66. The SMILES string of the molecule is O=C(O)COc1ccc(SCC(F)NS(=O)(=O)c2ccc(F)cc2)cc1. The molecule has 2 rings (SSSR count). The quantitative estimate of drug-likeness (QED) is 0.494. The van der Waals surface area contributed by atoms with Crippen molar-refractivity contribution in [3.8, 4) is 5.75 Å². The van der Waals surface area contributed by atoms with Crippen LogP contribution in [-0.4, -0.2) is 38.1 Å². The van der Waals surface area contributed by atoms with Crippen molar-refractivity contribution in [3.63, 3.8) is 0 Å². The minimum absolute atomic E-state index is 0.185. The Balaban J connectivity index is 1.87. The minimum Gasteiger partial charge on any atom is -0.482 e. The van der Waals surface area contributed by atoms with E-state index in [-0.39, 0.29) is 10.6 Å². The van der Waals surface area contributed by atoms with Crippen LogP contribution in [0.2, 0.25) is 0 Å². The number of carbonyl (C=O) groups is 1. The van der Waals surface area contributed by atoms with Gasteiger partial charge in [-0.1, -0.05) is 0 Å². The lowest BCUT2D eigenvalue weighted by Gasteiger charge is -2.11. The lowest BCUT2D eigenvalue weighted by Crippen LogP contribution is -2.33. The third-order valence-corrected chi connectivity index (χ3v) is 5.51. The number of sulfonamides is 1. The van der Waals surface area contributed by atoms with Gasteiger partial charge in [0.05, 0.1) is 4.90 Å². The Bertz CT molecular complexity index is 842. The lowest BCUT2D eigenvalue weighted by molar-refractivity contribution is -0.139. The highest BCUT2D eigenvalue weighted by Gasteiger charge is 2.19. The van der Waals surface area contributed by atoms with Gasteiger partial charge in [0.2, 0.25) is 10.0 Å². The van der Waals surface area contributed by atoms with E-state index in [4.69, 9.17) is 9.84 Å². The van der Waals surface area contributed by atoms with Gasteiger partial charge in [-0.3, -0.25) is 0 Å². The number of ether oxygens (including phenoxy) is 1. The molecule has 0 saturated heterocycles. The Morgan fingerprint density at radius 1 is 1.15 bits per heavy atom. The van der Waals surface area contributed by atoms with Crippen LogP contribution in [0.5, 0.6) is 5.75 Å². The number of carboxylic acids is 1. The molecule has 0 fully saturated rings. The molecule has 0 spiro atoms. The summed E-state index contributed by atoms with van der Waals surface area (Å²) in [5.74, 6) is -1.52. The largest absolute Gasteiger partial charge is 0.482 e. The molecule has 0 bridgehead atoms. The molecule has 1 atom stereocenters. The normalized spacial score (nSPS) is 12.5. The van der Waals surface area contributed by atoms with Crippen molar-refractivity contribution in [1.82, 2.24) is 4.72 Å². The fourth-order valence-electron chi connectivity index (χ4n) is 1.83. The van der Waals surface area contributed by atoms with Crippen LogP contribution < -0.4 is 9.46 Å². The van der Waals surface area contributed by atoms with Gasteiger partial charge in [-0.15, -0.1) is 11.8 Å². The van der Waals surface area contributed by atoms with Crippen molar-refractivity contribution < 1.29 is 31.8 Å². The van der Waals surface area contributed by atoms with Crippen molar-refractivity contribution in [3.05, 3.63) is 54.3 Å². The summed E-state index contributed by atoms with van der Waals surface area (Å²) in [6, 6.07) is 10.3. The fourth-order valence-corrected chi connectivity index (χ4v) is 3.74. The number of alkyl halides is 1. The maximum Gasteiger partial charge on any atom is 0.341 e. The standard InChI is InChI=1S/C16H15F2NO5S2/c17-11-1-7-14(8-2-11)26(22,23)19-15(18)10-25-13-5-3-12(4-6-13)24-9-16(20)21/h1-8,15,19H,9-10H2,(H,20,21). The van der Waals surface area contributed by atoms with Gasteiger partial charge >= 0.3 is 5.97 Å². The molecule has 2 aromatic rings. The molecule has 0 aliphatic heterocycles. The molecule has 0 aliphatic carbocycles. The highest BCUT2D eigenvalue weighted by molar-refractivity contribution is 7.99. The number of nitrogens with one attached hydrogen (secondary N) is 1. The molecule has 0 amide bonds. The summed E-state index contributed by atoms with van der Waals surface area (Å²) in [4.78, 5) is 10.8. The van der Waals surface area contributed by atoms with Crippen LogP contribution in [0.1, 0.15) is 0 Å². The van der Waals surface area contributed by atoms with E-state index < -0.39 is 34.7 Å². The zero-order valence-corrected chi connectivity index (χ0v) is 14.9. The van der Waals surface area contributed by atoms with Gasteiger partial charge in [0.15, 0.2) is 12.9 Å². The summed E-state index contributed by atoms with van der Waals surface area (Å²) in [6.07, 6.45) is -1.85. The summed E-state index contributed by atoms with van der Waals surface area (Å²) in [5, 5.41) is 8.52. The number of halogens is 2. The number of aliphatic carboxylic acids is 1. The number of thioether (sulfide) groups is 1. The van der Waals surface area contributed by atoms with Crippen LogP contribution in [0.15, 0.2) is 58.3 Å². The first-order valence-corrected chi connectivity index (χ1v) is 9.72. The zero-order chi connectivity index (χ0) is 19.2. The van der Waals surface area contributed by atoms with E-state index in [1.165, 1.54) is 12.1 Å². The molecule has 10 heteroatoms. The summed E-state index contributed by atoms with van der Waals surface area (Å²) in [5.41, 5.74) is 0. The second-order valence-electron chi connectivity index (χ2n) is 5.01. The van der Waals surface area contributed by atoms with Gasteiger partial charge in [-0.05, 0) is 48.5 Å². The molecule has 2 N–H and O–H groups in total. The third kappa shape index (κ3) is 6.28. The smallest absolute Gasteiger partial charge is 0.341 e. The monoisotopic (exact) mass is 403 g/mol. The van der Waals surface area contributed by atoms with Crippen LogP contribution in [-0.2, 0) is 14.8 Å². The van der Waals surface area contributed by atoms with Gasteiger partial charge in [0.25, 0.3) is 0 Å². The summed E-state index contributed by atoms with van der Waals surface area (Å²) < 4.78 is 57.6. The van der Waals surface area contributed by atoms with Gasteiger partial charge in [0.1, 0.15) is 11.6 Å². The van der Waals surface area contributed by atoms with Gasteiger partial charge < -0.3 is 9.84 Å². The van der Waals surface area contributed by atoms with Crippen LogP contribution in [0.4, 0.5) is 8.78 Å². The van der Waals surface area contributed by atoms with E-state index in [9.17, 15) is 22.0 Å². The number of benzene rings is 2. The predicted molar refractivity (Wildman–Crippen MR) is 91.9 cm³/mol. The van der Waals surface area contributed by atoms with Crippen molar-refractivity contribution >= 4 is 27.8 Å². The average molecular weight is 403 g/mol. The van der Waals surface area contributed by atoms with E-state index >= 15 is 0 Å². The highest BCUT2D eigenvalue weighted by atomic mass is 32.2. The second kappa shape index (κ2) is 8.97. The number of rotatable bonds is 9. The first-order valence-electron chi connectivity index (χ1n) is 7.26.